The van der Waals surface area contributed by atoms with E-state index in [0.29, 0.717) is 0 Å². The van der Waals surface area contributed by atoms with E-state index in [-0.39, 0.29) is 0 Å². The summed E-state index contributed by atoms with van der Waals surface area (Å²) in [4.78, 5) is 0. The molecule has 0 nitrogen and oxygen atoms in total. The van der Waals surface area contributed by atoms with Crippen molar-refractivity contribution in [1.82, 2.24) is 0 Å². The maximum absolute atomic E-state index is 3.51. The molecule has 0 aliphatic heterocycles. The second kappa shape index (κ2) is 4.45. The third-order valence-electron chi connectivity index (χ3n) is 2.39. The molecule has 2 aromatic rings. The van der Waals surface area contributed by atoms with Gasteiger partial charge in [-0.2, -0.15) is 0 Å². The van der Waals surface area contributed by atoms with Crippen molar-refractivity contribution in [3.63, 3.8) is 0 Å². The Morgan fingerprint density at radius 3 is 1.50 bits per heavy atom. The zero-order valence-corrected chi connectivity index (χ0v) is 10.8. The average molecular weight is 314 g/mol. The van der Waals surface area contributed by atoms with E-state index in [4.69, 9.17) is 0 Å². The Morgan fingerprint density at radius 1 is 0.714 bits per heavy atom. The van der Waals surface area contributed by atoms with E-state index in [2.05, 4.69) is 68.3 Å². The summed E-state index contributed by atoms with van der Waals surface area (Å²) in [6.07, 6.45) is 0. The van der Waals surface area contributed by atoms with Gasteiger partial charge in [-0.1, -0.05) is 68.3 Å². The smallest absolute Gasteiger partial charge is 0.0289 e. The van der Waals surface area contributed by atoms with Gasteiger partial charge in [0.1, 0.15) is 0 Å². The van der Waals surface area contributed by atoms with Crippen molar-refractivity contribution < 1.29 is 0 Å². The lowest BCUT2D eigenvalue weighted by atomic mass is 10.0. The van der Waals surface area contributed by atoms with Gasteiger partial charge in [0, 0.05) is 10.7 Å². The van der Waals surface area contributed by atoms with Crippen LogP contribution >= 0.6 is 31.9 Å². The molecule has 0 saturated heterocycles. The molecule has 0 unspecified atom stereocenters. The monoisotopic (exact) mass is 312 g/mol. The molecule has 0 heterocycles. The average Bonchev–Trinajstić information content (AvgIpc) is 2.27. The number of hydrogen-bond acceptors (Lipinski definition) is 0. The molecule has 0 bridgehead atoms. The van der Waals surface area contributed by atoms with E-state index in [1.165, 1.54) is 21.9 Å². The molecule has 2 heteroatoms. The summed E-state index contributed by atoms with van der Waals surface area (Å²) in [5, 5.41) is 4.52. The lowest BCUT2D eigenvalue weighted by Crippen LogP contribution is -1.86. The maximum atomic E-state index is 3.51. The lowest BCUT2D eigenvalue weighted by Gasteiger charge is -2.07. The Morgan fingerprint density at radius 2 is 1.14 bits per heavy atom. The van der Waals surface area contributed by atoms with Crippen LogP contribution in [0.25, 0.3) is 10.8 Å². The summed E-state index contributed by atoms with van der Waals surface area (Å²) in [5.74, 6) is 0. The molecule has 0 atom stereocenters. The molecule has 0 N–H and O–H groups in total. The van der Waals surface area contributed by atoms with Crippen molar-refractivity contribution in [2.24, 2.45) is 0 Å². The third kappa shape index (κ3) is 1.73. The van der Waals surface area contributed by atoms with Crippen LogP contribution in [-0.4, -0.2) is 0 Å². The molecule has 0 aliphatic rings. The summed E-state index contributed by atoms with van der Waals surface area (Å²) in [6, 6.07) is 12.9. The van der Waals surface area contributed by atoms with Gasteiger partial charge in [-0.3, -0.25) is 0 Å². The molecule has 0 amide bonds. The summed E-state index contributed by atoms with van der Waals surface area (Å²) in [6.45, 7) is 0. The molecule has 0 spiro atoms. The molecule has 72 valence electrons. The van der Waals surface area contributed by atoms with E-state index in [1.807, 2.05) is 0 Å². The first-order valence-corrected chi connectivity index (χ1v) is 6.72. The van der Waals surface area contributed by atoms with Gasteiger partial charge in [-0.05, 0) is 21.9 Å². The van der Waals surface area contributed by atoms with Crippen LogP contribution in [-0.2, 0) is 10.7 Å². The zero-order valence-electron chi connectivity index (χ0n) is 7.63. The van der Waals surface area contributed by atoms with Crippen LogP contribution in [0.1, 0.15) is 11.1 Å². The van der Waals surface area contributed by atoms with Crippen molar-refractivity contribution in [1.29, 1.82) is 0 Å². The Labute approximate surface area is 101 Å². The minimum atomic E-state index is 0.913. The molecule has 0 fully saturated rings. The van der Waals surface area contributed by atoms with Crippen molar-refractivity contribution in [3.8, 4) is 0 Å². The summed E-state index contributed by atoms with van der Waals surface area (Å²) in [7, 11) is 0. The van der Waals surface area contributed by atoms with Crippen molar-refractivity contribution in [3.05, 3.63) is 47.5 Å². The standard InChI is InChI=1S/C12H10Br2/c13-7-9-5-6-10(8-14)12-4-2-1-3-11(9)12/h1-6H,7-8H2. The van der Waals surface area contributed by atoms with Crippen molar-refractivity contribution in [2.45, 2.75) is 10.7 Å². The fourth-order valence-electron chi connectivity index (χ4n) is 1.66. The van der Waals surface area contributed by atoms with Crippen molar-refractivity contribution in [2.75, 3.05) is 0 Å². The van der Waals surface area contributed by atoms with Crippen LogP contribution in [0.3, 0.4) is 0 Å². The van der Waals surface area contributed by atoms with Crippen LogP contribution in [0.5, 0.6) is 0 Å². The van der Waals surface area contributed by atoms with E-state index in [0.717, 1.165) is 10.7 Å². The first-order valence-electron chi connectivity index (χ1n) is 4.48. The predicted octanol–water partition coefficient (Wildman–Crippen LogP) is 4.63. The first-order chi connectivity index (χ1) is 6.86. The molecule has 0 saturated carbocycles. The second-order valence-corrected chi connectivity index (χ2v) is 4.32. The first kappa shape index (κ1) is 10.2. The SMILES string of the molecule is BrCc1ccc(CBr)c2ccccc12. The van der Waals surface area contributed by atoms with Gasteiger partial charge < -0.3 is 0 Å². The largest absolute Gasteiger partial charge is 0.0876 e. The molecular formula is C12H10Br2. The Balaban J connectivity index is 2.78. The molecule has 0 aliphatic carbocycles. The minimum absolute atomic E-state index is 0.913. The number of halogens is 2. The quantitative estimate of drug-likeness (QED) is 0.709. The summed E-state index contributed by atoms with van der Waals surface area (Å²) >= 11 is 7.03. The van der Waals surface area contributed by atoms with Crippen LogP contribution in [0, 0.1) is 0 Å². The number of benzene rings is 2. The topological polar surface area (TPSA) is 0 Å². The maximum Gasteiger partial charge on any atom is 0.0289 e. The van der Waals surface area contributed by atoms with E-state index in [9.17, 15) is 0 Å². The van der Waals surface area contributed by atoms with Gasteiger partial charge in [0.15, 0.2) is 0 Å². The molecule has 14 heavy (non-hydrogen) atoms. The number of alkyl halides is 2. The second-order valence-electron chi connectivity index (χ2n) is 3.20. The van der Waals surface area contributed by atoms with Crippen LogP contribution in [0.4, 0.5) is 0 Å². The minimum Gasteiger partial charge on any atom is -0.0876 e. The number of fused-ring (bicyclic) bond motifs is 1. The third-order valence-corrected chi connectivity index (χ3v) is 3.60. The fourth-order valence-corrected chi connectivity index (χ4v) is 2.63. The summed E-state index contributed by atoms with van der Waals surface area (Å²) < 4.78 is 0. The van der Waals surface area contributed by atoms with Crippen LogP contribution < -0.4 is 0 Å². The normalized spacial score (nSPS) is 10.7. The highest BCUT2D eigenvalue weighted by atomic mass is 79.9. The highest BCUT2D eigenvalue weighted by Gasteiger charge is 2.02. The predicted molar refractivity (Wildman–Crippen MR) is 69.2 cm³/mol. The molecule has 2 aromatic carbocycles. The van der Waals surface area contributed by atoms with Gasteiger partial charge in [-0.15, -0.1) is 0 Å². The molecule has 0 aromatic heterocycles. The highest BCUT2D eigenvalue weighted by molar-refractivity contribution is 9.08. The number of hydrogen-bond donors (Lipinski definition) is 0. The van der Waals surface area contributed by atoms with Crippen LogP contribution in [0.2, 0.25) is 0 Å². The Bertz CT molecular complexity index is 407. The Hall–Kier alpha value is -0.340. The van der Waals surface area contributed by atoms with E-state index < -0.39 is 0 Å². The van der Waals surface area contributed by atoms with Gasteiger partial charge >= 0.3 is 0 Å². The van der Waals surface area contributed by atoms with Gasteiger partial charge in [0.25, 0.3) is 0 Å². The van der Waals surface area contributed by atoms with Gasteiger partial charge in [0.2, 0.25) is 0 Å². The van der Waals surface area contributed by atoms with Gasteiger partial charge in [-0.25, -0.2) is 0 Å². The number of rotatable bonds is 2. The van der Waals surface area contributed by atoms with E-state index in [1.54, 1.807) is 0 Å². The fraction of sp³-hybridized carbons (Fsp3) is 0.167. The molecule has 2 rings (SSSR count). The summed E-state index contributed by atoms with van der Waals surface area (Å²) in [5.41, 5.74) is 2.70. The highest BCUT2D eigenvalue weighted by Crippen LogP contribution is 2.25. The molecule has 0 radical (unpaired) electrons. The Kier molecular flexibility index (Phi) is 3.24. The van der Waals surface area contributed by atoms with Crippen molar-refractivity contribution >= 4 is 42.6 Å². The van der Waals surface area contributed by atoms with Crippen LogP contribution in [0.15, 0.2) is 36.4 Å². The lowest BCUT2D eigenvalue weighted by molar-refractivity contribution is 1.42. The molecular weight excluding hydrogens is 304 g/mol. The zero-order chi connectivity index (χ0) is 9.97. The van der Waals surface area contributed by atoms with Gasteiger partial charge in [0.05, 0.1) is 0 Å². The van der Waals surface area contributed by atoms with E-state index >= 15 is 0 Å².